The van der Waals surface area contributed by atoms with Gasteiger partial charge in [0.15, 0.2) is 0 Å². The number of non-ortho nitro benzene ring substituents is 1. The van der Waals surface area contributed by atoms with Crippen molar-refractivity contribution in [3.05, 3.63) is 39.4 Å². The molecule has 5 nitrogen and oxygen atoms in total. The predicted octanol–water partition coefficient (Wildman–Crippen LogP) is 3.20. The number of nitro groups is 1. The number of carbonyl (C=O) groups excluding carboxylic acids is 1. The molecule has 0 aliphatic carbocycles. The minimum Gasteiger partial charge on any atom is -0.352 e. The van der Waals surface area contributed by atoms with E-state index in [0.29, 0.717) is 22.5 Å². The minimum atomic E-state index is -0.467. The summed E-state index contributed by atoms with van der Waals surface area (Å²) >= 11 is 3.50. The zero-order valence-corrected chi connectivity index (χ0v) is 12.6. The van der Waals surface area contributed by atoms with Crippen LogP contribution in [0.4, 0.5) is 5.69 Å². The van der Waals surface area contributed by atoms with E-state index in [-0.39, 0.29) is 11.6 Å². The molecule has 0 spiro atoms. The summed E-state index contributed by atoms with van der Waals surface area (Å²) in [6.07, 6.45) is 1.86. The molecule has 104 valence electrons. The summed E-state index contributed by atoms with van der Waals surface area (Å²) < 4.78 is 0. The zero-order chi connectivity index (χ0) is 14.4. The van der Waals surface area contributed by atoms with Gasteiger partial charge in [0.2, 0.25) is 0 Å². The largest absolute Gasteiger partial charge is 0.352 e. The van der Waals surface area contributed by atoms with Crippen LogP contribution in [0.15, 0.2) is 18.2 Å². The van der Waals surface area contributed by atoms with E-state index >= 15 is 0 Å². The van der Waals surface area contributed by atoms with E-state index in [9.17, 15) is 14.9 Å². The first kappa shape index (κ1) is 15.6. The smallest absolute Gasteiger partial charge is 0.269 e. The molecule has 1 aromatic carbocycles. The molecule has 0 saturated carbocycles. The normalized spacial score (nSPS) is 11.9. The van der Waals surface area contributed by atoms with E-state index in [1.54, 1.807) is 6.92 Å². The summed E-state index contributed by atoms with van der Waals surface area (Å²) in [4.78, 5) is 22.5. The molecule has 0 aliphatic rings. The Morgan fingerprint density at radius 1 is 1.53 bits per heavy atom. The number of halogens is 1. The van der Waals surface area contributed by atoms with Crippen molar-refractivity contribution in [1.82, 2.24) is 5.32 Å². The van der Waals surface area contributed by atoms with E-state index in [2.05, 4.69) is 28.2 Å². The van der Waals surface area contributed by atoms with Gasteiger partial charge in [-0.15, -0.1) is 0 Å². The Morgan fingerprint density at radius 3 is 2.74 bits per heavy atom. The maximum atomic E-state index is 11.9. The van der Waals surface area contributed by atoms with Crippen LogP contribution in [0.3, 0.4) is 0 Å². The number of nitrogens with zero attached hydrogens (tertiary/aromatic N) is 1. The quantitative estimate of drug-likeness (QED) is 0.495. The van der Waals surface area contributed by atoms with Crippen molar-refractivity contribution in [3.63, 3.8) is 0 Å². The van der Waals surface area contributed by atoms with Crippen molar-refractivity contribution in [2.45, 2.75) is 31.5 Å². The van der Waals surface area contributed by atoms with E-state index in [1.807, 2.05) is 0 Å². The SMILES string of the molecule is CCC(Br)CCNC(=O)c1ccc([N+](=O)[O-])cc1C. The molecule has 1 amide bonds. The monoisotopic (exact) mass is 328 g/mol. The Balaban J connectivity index is 2.65. The molecule has 0 saturated heterocycles. The fraction of sp³-hybridized carbons (Fsp3) is 0.462. The van der Waals surface area contributed by atoms with Crippen LogP contribution >= 0.6 is 15.9 Å². The van der Waals surface area contributed by atoms with Crippen LogP contribution in [0, 0.1) is 17.0 Å². The number of amides is 1. The first-order valence-corrected chi connectivity index (χ1v) is 7.04. The number of rotatable bonds is 6. The second-order valence-electron chi connectivity index (χ2n) is 4.31. The van der Waals surface area contributed by atoms with Gasteiger partial charge in [-0.3, -0.25) is 14.9 Å². The number of hydrogen-bond acceptors (Lipinski definition) is 3. The summed E-state index contributed by atoms with van der Waals surface area (Å²) in [5.41, 5.74) is 1.09. The lowest BCUT2D eigenvalue weighted by molar-refractivity contribution is -0.384. The molecule has 1 atom stereocenters. The van der Waals surface area contributed by atoms with Gasteiger partial charge in [0.25, 0.3) is 11.6 Å². The highest BCUT2D eigenvalue weighted by Crippen LogP contribution is 2.17. The zero-order valence-electron chi connectivity index (χ0n) is 11.0. The Hall–Kier alpha value is -1.43. The predicted molar refractivity (Wildman–Crippen MR) is 77.8 cm³/mol. The number of carbonyl (C=O) groups is 1. The summed E-state index contributed by atoms with van der Waals surface area (Å²) in [5.74, 6) is -0.191. The van der Waals surface area contributed by atoms with Crippen molar-refractivity contribution < 1.29 is 9.72 Å². The molecule has 0 aromatic heterocycles. The molecule has 1 N–H and O–H groups in total. The number of hydrogen-bond donors (Lipinski definition) is 1. The fourth-order valence-corrected chi connectivity index (χ4v) is 1.89. The molecular weight excluding hydrogens is 312 g/mol. The van der Waals surface area contributed by atoms with Gasteiger partial charge in [-0.05, 0) is 31.4 Å². The molecule has 0 bridgehead atoms. The summed E-state index contributed by atoms with van der Waals surface area (Å²) in [7, 11) is 0. The molecule has 0 aliphatic heterocycles. The van der Waals surface area contributed by atoms with Crippen LogP contribution in [0.5, 0.6) is 0 Å². The molecule has 0 heterocycles. The molecule has 1 aromatic rings. The fourth-order valence-electron chi connectivity index (χ4n) is 1.66. The standard InChI is InChI=1S/C13H17BrN2O3/c1-3-10(14)6-7-15-13(17)12-5-4-11(16(18)19)8-9(12)2/h4-5,8,10H,3,6-7H2,1-2H3,(H,15,17). The Bertz CT molecular complexity index is 477. The highest BCUT2D eigenvalue weighted by atomic mass is 79.9. The highest BCUT2D eigenvalue weighted by molar-refractivity contribution is 9.09. The van der Waals surface area contributed by atoms with E-state index in [1.165, 1.54) is 18.2 Å². The topological polar surface area (TPSA) is 72.2 Å². The van der Waals surface area contributed by atoms with Gasteiger partial charge in [0.05, 0.1) is 4.92 Å². The van der Waals surface area contributed by atoms with Gasteiger partial charge < -0.3 is 5.32 Å². The van der Waals surface area contributed by atoms with Crippen LogP contribution in [-0.2, 0) is 0 Å². The number of nitro benzene ring substituents is 1. The van der Waals surface area contributed by atoms with Crippen LogP contribution in [0.1, 0.15) is 35.7 Å². The van der Waals surface area contributed by atoms with Gasteiger partial charge >= 0.3 is 0 Å². The Morgan fingerprint density at radius 2 is 2.21 bits per heavy atom. The number of aryl methyl sites for hydroxylation is 1. The maximum absolute atomic E-state index is 11.9. The van der Waals surface area contributed by atoms with Crippen LogP contribution in [0.25, 0.3) is 0 Å². The molecule has 0 radical (unpaired) electrons. The molecule has 1 rings (SSSR count). The highest BCUT2D eigenvalue weighted by Gasteiger charge is 2.13. The molecule has 19 heavy (non-hydrogen) atoms. The molecule has 6 heteroatoms. The minimum absolute atomic E-state index is 0.000514. The second kappa shape index (κ2) is 7.23. The van der Waals surface area contributed by atoms with Gasteiger partial charge in [-0.25, -0.2) is 0 Å². The van der Waals surface area contributed by atoms with Crippen LogP contribution in [0.2, 0.25) is 0 Å². The maximum Gasteiger partial charge on any atom is 0.269 e. The first-order valence-electron chi connectivity index (χ1n) is 6.13. The number of alkyl halides is 1. The third-order valence-electron chi connectivity index (χ3n) is 2.85. The average Bonchev–Trinajstić information content (AvgIpc) is 2.37. The van der Waals surface area contributed by atoms with Gasteiger partial charge in [-0.2, -0.15) is 0 Å². The van der Waals surface area contributed by atoms with Crippen molar-refractivity contribution in [2.75, 3.05) is 6.54 Å². The Kier molecular flexibility index (Phi) is 5.95. The summed E-state index contributed by atoms with van der Waals surface area (Å²) in [5, 5.41) is 13.4. The van der Waals surface area contributed by atoms with Gasteiger partial charge in [0.1, 0.15) is 0 Å². The van der Waals surface area contributed by atoms with E-state index in [0.717, 1.165) is 12.8 Å². The van der Waals surface area contributed by atoms with Crippen molar-refractivity contribution >= 4 is 27.5 Å². The number of nitrogens with one attached hydrogen (secondary N) is 1. The summed E-state index contributed by atoms with van der Waals surface area (Å²) in [6, 6.07) is 4.25. The van der Waals surface area contributed by atoms with E-state index in [4.69, 9.17) is 0 Å². The third kappa shape index (κ3) is 4.63. The lowest BCUT2D eigenvalue weighted by atomic mass is 10.1. The Labute approximate surface area is 120 Å². The van der Waals surface area contributed by atoms with Crippen LogP contribution < -0.4 is 5.32 Å². The molecule has 0 fully saturated rings. The van der Waals surface area contributed by atoms with Gasteiger partial charge in [-0.1, -0.05) is 22.9 Å². The van der Waals surface area contributed by atoms with Crippen LogP contribution in [-0.4, -0.2) is 22.2 Å². The van der Waals surface area contributed by atoms with Crippen molar-refractivity contribution in [2.24, 2.45) is 0 Å². The summed E-state index contributed by atoms with van der Waals surface area (Å²) in [6.45, 7) is 4.35. The van der Waals surface area contributed by atoms with E-state index < -0.39 is 4.92 Å². The molecular formula is C13H17BrN2O3. The number of benzene rings is 1. The van der Waals surface area contributed by atoms with Crippen molar-refractivity contribution in [3.8, 4) is 0 Å². The average molecular weight is 329 g/mol. The third-order valence-corrected chi connectivity index (χ3v) is 3.96. The van der Waals surface area contributed by atoms with Gasteiger partial charge in [0, 0.05) is 29.1 Å². The molecule has 1 unspecified atom stereocenters. The second-order valence-corrected chi connectivity index (χ2v) is 5.60. The lowest BCUT2D eigenvalue weighted by Gasteiger charge is -2.09. The van der Waals surface area contributed by atoms with Crippen molar-refractivity contribution in [1.29, 1.82) is 0 Å². The lowest BCUT2D eigenvalue weighted by Crippen LogP contribution is -2.26. The first-order chi connectivity index (χ1) is 8.95.